The highest BCUT2D eigenvalue weighted by Crippen LogP contribution is 2.31. The van der Waals surface area contributed by atoms with Crippen LogP contribution in [0, 0.1) is 5.92 Å². The van der Waals surface area contributed by atoms with Gasteiger partial charge in [-0.1, -0.05) is 6.42 Å². The first-order chi connectivity index (χ1) is 4.47. The molecular formula is C7H13N2. The molecule has 2 heteroatoms. The van der Waals surface area contributed by atoms with Crippen molar-refractivity contribution in [2.45, 2.75) is 31.7 Å². The van der Waals surface area contributed by atoms with Gasteiger partial charge in [0.15, 0.2) is 0 Å². The van der Waals surface area contributed by atoms with E-state index in [0.717, 1.165) is 18.5 Å². The van der Waals surface area contributed by atoms with E-state index in [4.69, 9.17) is 0 Å². The fraction of sp³-hybridized carbons (Fsp3) is 1.00. The van der Waals surface area contributed by atoms with Gasteiger partial charge in [0.05, 0.1) is 0 Å². The van der Waals surface area contributed by atoms with Crippen LogP contribution in [0.3, 0.4) is 0 Å². The molecule has 2 nitrogen and oxygen atoms in total. The Hall–Kier alpha value is -0.0800. The molecule has 1 aliphatic carbocycles. The van der Waals surface area contributed by atoms with E-state index in [2.05, 4.69) is 10.9 Å². The first-order valence-electron chi connectivity index (χ1n) is 3.89. The summed E-state index contributed by atoms with van der Waals surface area (Å²) in [5.41, 5.74) is 7.30. The molecule has 1 unspecified atom stereocenters. The zero-order valence-electron chi connectivity index (χ0n) is 5.64. The van der Waals surface area contributed by atoms with Crippen LogP contribution >= 0.6 is 0 Å². The van der Waals surface area contributed by atoms with Gasteiger partial charge in [0, 0.05) is 12.6 Å². The van der Waals surface area contributed by atoms with Crippen molar-refractivity contribution < 1.29 is 0 Å². The quantitative estimate of drug-likeness (QED) is 0.547. The first kappa shape index (κ1) is 5.69. The van der Waals surface area contributed by atoms with Crippen molar-refractivity contribution in [3.63, 3.8) is 0 Å². The summed E-state index contributed by atoms with van der Waals surface area (Å²) < 4.78 is 0. The maximum atomic E-state index is 4.12. The topological polar surface area (TPSA) is 26.1 Å². The second-order valence-electron chi connectivity index (χ2n) is 3.10. The molecule has 0 bridgehead atoms. The minimum Gasteiger partial charge on any atom is -0.237 e. The Kier molecular flexibility index (Phi) is 1.44. The molecule has 9 heavy (non-hydrogen) atoms. The van der Waals surface area contributed by atoms with Crippen LogP contribution in [-0.2, 0) is 0 Å². The van der Waals surface area contributed by atoms with Gasteiger partial charge in [-0.05, 0) is 25.2 Å². The molecule has 51 valence electrons. The molecule has 1 aliphatic heterocycles. The summed E-state index contributed by atoms with van der Waals surface area (Å²) >= 11 is 0. The van der Waals surface area contributed by atoms with Crippen LogP contribution < -0.4 is 10.9 Å². The predicted octanol–water partition coefficient (Wildman–Crippen LogP) is 0.668. The summed E-state index contributed by atoms with van der Waals surface area (Å²) in [6.07, 6.45) is 5.61. The van der Waals surface area contributed by atoms with Gasteiger partial charge in [0.2, 0.25) is 0 Å². The van der Waals surface area contributed by atoms with Crippen molar-refractivity contribution in [3.8, 4) is 0 Å². The fourth-order valence-electron chi connectivity index (χ4n) is 1.63. The van der Waals surface area contributed by atoms with E-state index in [9.17, 15) is 0 Å². The van der Waals surface area contributed by atoms with Gasteiger partial charge in [-0.2, -0.15) is 5.43 Å². The molecule has 0 aromatic carbocycles. The predicted molar refractivity (Wildman–Crippen MR) is 35.9 cm³/mol. The number of rotatable bonds is 1. The Morgan fingerprint density at radius 1 is 1.22 bits per heavy atom. The lowest BCUT2D eigenvalue weighted by Crippen LogP contribution is -2.36. The Bertz CT molecular complexity index is 93.1. The van der Waals surface area contributed by atoms with Crippen molar-refractivity contribution in [1.82, 2.24) is 10.9 Å². The third-order valence-corrected chi connectivity index (χ3v) is 2.53. The van der Waals surface area contributed by atoms with Crippen LogP contribution in [0.5, 0.6) is 0 Å². The van der Waals surface area contributed by atoms with Crippen molar-refractivity contribution in [2.75, 3.05) is 6.54 Å². The molecule has 0 spiro atoms. The molecule has 1 saturated heterocycles. The van der Waals surface area contributed by atoms with E-state index < -0.39 is 0 Å². The van der Waals surface area contributed by atoms with Crippen LogP contribution in [0.2, 0.25) is 0 Å². The zero-order valence-corrected chi connectivity index (χ0v) is 5.64. The molecule has 1 N–H and O–H groups in total. The smallest absolute Gasteiger partial charge is 0.0319 e. The van der Waals surface area contributed by atoms with Gasteiger partial charge in [-0.15, -0.1) is 0 Å². The van der Waals surface area contributed by atoms with E-state index in [0.29, 0.717) is 0 Å². The monoisotopic (exact) mass is 125 g/mol. The number of hydrogen-bond acceptors (Lipinski definition) is 1. The van der Waals surface area contributed by atoms with Crippen LogP contribution in [0.1, 0.15) is 25.7 Å². The van der Waals surface area contributed by atoms with Crippen molar-refractivity contribution >= 4 is 0 Å². The lowest BCUT2D eigenvalue weighted by Gasteiger charge is -2.30. The normalized spacial score (nSPS) is 36.7. The Labute approximate surface area is 56.0 Å². The van der Waals surface area contributed by atoms with Gasteiger partial charge in [0.25, 0.3) is 0 Å². The third kappa shape index (κ3) is 0.970. The summed E-state index contributed by atoms with van der Waals surface area (Å²) in [5, 5.41) is 0. The molecular weight excluding hydrogens is 112 g/mol. The summed E-state index contributed by atoms with van der Waals surface area (Å²) in [4.78, 5) is 0. The Morgan fingerprint density at radius 2 is 2.11 bits per heavy atom. The second-order valence-corrected chi connectivity index (χ2v) is 3.10. The molecule has 0 aromatic rings. The summed E-state index contributed by atoms with van der Waals surface area (Å²) in [6.45, 7) is 1.04. The van der Waals surface area contributed by atoms with Crippen molar-refractivity contribution in [2.24, 2.45) is 5.92 Å². The largest absolute Gasteiger partial charge is 0.237 e. The molecule has 1 heterocycles. The SMILES string of the molecule is C1CC(C2CC[N]N2)C1. The van der Waals surface area contributed by atoms with E-state index in [-0.39, 0.29) is 0 Å². The highest BCUT2D eigenvalue weighted by molar-refractivity contribution is 4.84. The summed E-state index contributed by atoms with van der Waals surface area (Å²) in [7, 11) is 0. The van der Waals surface area contributed by atoms with Crippen molar-refractivity contribution in [1.29, 1.82) is 0 Å². The maximum absolute atomic E-state index is 4.12. The minimum absolute atomic E-state index is 0.749. The molecule has 2 fully saturated rings. The number of hydrogen-bond donors (Lipinski definition) is 1. The lowest BCUT2D eigenvalue weighted by molar-refractivity contribution is 0.239. The minimum atomic E-state index is 0.749. The molecule has 1 saturated carbocycles. The average Bonchev–Trinajstić information content (AvgIpc) is 2.11. The van der Waals surface area contributed by atoms with Gasteiger partial charge >= 0.3 is 0 Å². The molecule has 1 radical (unpaired) electrons. The molecule has 0 aromatic heterocycles. The highest BCUT2D eigenvalue weighted by atomic mass is 15.4. The summed E-state index contributed by atoms with van der Waals surface area (Å²) in [6, 6.07) is 0.749. The van der Waals surface area contributed by atoms with E-state index in [1.807, 2.05) is 0 Å². The number of nitrogens with one attached hydrogen (secondary N) is 1. The fourth-order valence-corrected chi connectivity index (χ4v) is 1.63. The van der Waals surface area contributed by atoms with E-state index in [1.54, 1.807) is 0 Å². The summed E-state index contributed by atoms with van der Waals surface area (Å²) in [5.74, 6) is 0.969. The Morgan fingerprint density at radius 3 is 2.56 bits per heavy atom. The molecule has 2 aliphatic rings. The standard InChI is InChI=1S/C7H13N2/c1-2-6(3-1)7-4-5-8-9-7/h6-7,9H,1-5H2. The highest BCUT2D eigenvalue weighted by Gasteiger charge is 2.29. The number of nitrogens with zero attached hydrogens (tertiary/aromatic N) is 1. The van der Waals surface area contributed by atoms with Gasteiger partial charge in [0.1, 0.15) is 0 Å². The maximum Gasteiger partial charge on any atom is 0.0319 e. The van der Waals surface area contributed by atoms with Crippen LogP contribution in [0.25, 0.3) is 0 Å². The van der Waals surface area contributed by atoms with Crippen LogP contribution in [0.4, 0.5) is 0 Å². The van der Waals surface area contributed by atoms with Gasteiger partial charge in [-0.25, -0.2) is 5.43 Å². The lowest BCUT2D eigenvalue weighted by atomic mass is 9.79. The van der Waals surface area contributed by atoms with E-state index >= 15 is 0 Å². The zero-order chi connectivity index (χ0) is 6.10. The van der Waals surface area contributed by atoms with E-state index in [1.165, 1.54) is 25.7 Å². The third-order valence-electron chi connectivity index (χ3n) is 2.53. The first-order valence-corrected chi connectivity index (χ1v) is 3.89. The van der Waals surface area contributed by atoms with Gasteiger partial charge in [-0.3, -0.25) is 0 Å². The Balaban J connectivity index is 1.82. The van der Waals surface area contributed by atoms with Crippen LogP contribution in [0.15, 0.2) is 0 Å². The van der Waals surface area contributed by atoms with Crippen molar-refractivity contribution in [3.05, 3.63) is 0 Å². The van der Waals surface area contributed by atoms with Gasteiger partial charge < -0.3 is 0 Å². The molecule has 1 atom stereocenters. The molecule has 0 amide bonds. The van der Waals surface area contributed by atoms with Crippen LogP contribution in [-0.4, -0.2) is 12.6 Å². The molecule has 2 rings (SSSR count). The average molecular weight is 125 g/mol. The second kappa shape index (κ2) is 2.27.